The van der Waals surface area contributed by atoms with Gasteiger partial charge in [-0.05, 0) is 12.8 Å². The van der Waals surface area contributed by atoms with Gasteiger partial charge in [0.25, 0.3) is 0 Å². The van der Waals surface area contributed by atoms with Crippen molar-refractivity contribution in [3.63, 3.8) is 0 Å². The Morgan fingerprint density at radius 2 is 1.88 bits per heavy atom. The zero-order valence-corrected chi connectivity index (χ0v) is 11.5. The summed E-state index contributed by atoms with van der Waals surface area (Å²) in [5.74, 6) is 1.03. The van der Waals surface area contributed by atoms with Gasteiger partial charge in [0.2, 0.25) is 0 Å². The summed E-state index contributed by atoms with van der Waals surface area (Å²) in [6.45, 7) is 5.95. The highest BCUT2D eigenvalue weighted by Crippen LogP contribution is 2.34. The number of hydrogen-bond acceptors (Lipinski definition) is 3. The fourth-order valence-electron chi connectivity index (χ4n) is 2.21. The molecule has 0 aromatic rings. The maximum atomic E-state index is 10.8. The molecule has 1 rings (SSSR count). The van der Waals surface area contributed by atoms with Crippen LogP contribution in [0.4, 0.5) is 0 Å². The Morgan fingerprint density at radius 1 is 1.25 bits per heavy atom. The highest BCUT2D eigenvalue weighted by Gasteiger charge is 2.37. The van der Waals surface area contributed by atoms with Gasteiger partial charge in [-0.25, -0.2) is 0 Å². The molecule has 0 aliphatic carbocycles. The minimum atomic E-state index is -0.489. The Balaban J connectivity index is 2.51. The van der Waals surface area contributed by atoms with Crippen LogP contribution in [0, 0.1) is 0 Å². The van der Waals surface area contributed by atoms with E-state index in [-0.39, 0.29) is 0 Å². The standard InChI is InChI=1S/C13H26O2S/c1-3-5-7-13(14,8-6-4-2)12-11-15-9-10-16-12/h12,14H,3-11H2,1-2H3. The first-order valence-electron chi connectivity index (χ1n) is 6.64. The van der Waals surface area contributed by atoms with Crippen LogP contribution in [0.15, 0.2) is 0 Å². The molecule has 0 aromatic carbocycles. The van der Waals surface area contributed by atoms with Crippen LogP contribution in [0.2, 0.25) is 0 Å². The lowest BCUT2D eigenvalue weighted by atomic mass is 9.87. The fraction of sp³-hybridized carbons (Fsp3) is 1.00. The average Bonchev–Trinajstić information content (AvgIpc) is 2.35. The number of unbranched alkanes of at least 4 members (excludes halogenated alkanes) is 2. The molecule has 1 saturated heterocycles. The number of rotatable bonds is 7. The Kier molecular flexibility index (Phi) is 6.78. The largest absolute Gasteiger partial charge is 0.389 e. The molecule has 1 aliphatic heterocycles. The second-order valence-electron chi connectivity index (χ2n) is 4.75. The molecular weight excluding hydrogens is 220 g/mol. The Morgan fingerprint density at radius 3 is 2.31 bits per heavy atom. The van der Waals surface area contributed by atoms with E-state index in [9.17, 15) is 5.11 Å². The van der Waals surface area contributed by atoms with Gasteiger partial charge in [-0.1, -0.05) is 39.5 Å². The number of ether oxygens (including phenoxy) is 1. The van der Waals surface area contributed by atoms with E-state index in [1.165, 1.54) is 0 Å². The molecule has 3 heteroatoms. The van der Waals surface area contributed by atoms with Crippen molar-refractivity contribution in [2.75, 3.05) is 19.0 Å². The normalized spacial score (nSPS) is 22.3. The van der Waals surface area contributed by atoms with E-state index < -0.39 is 5.60 Å². The summed E-state index contributed by atoms with van der Waals surface area (Å²) < 4.78 is 5.51. The highest BCUT2D eigenvalue weighted by molar-refractivity contribution is 8.00. The molecule has 0 amide bonds. The molecule has 0 radical (unpaired) electrons. The summed E-state index contributed by atoms with van der Waals surface area (Å²) in [5.41, 5.74) is -0.489. The SMILES string of the molecule is CCCCC(O)(CCCC)C1COCCS1. The molecule has 0 aromatic heterocycles. The van der Waals surface area contributed by atoms with E-state index in [0.29, 0.717) is 5.25 Å². The number of thioether (sulfide) groups is 1. The summed E-state index contributed by atoms with van der Waals surface area (Å²) in [6.07, 6.45) is 6.43. The van der Waals surface area contributed by atoms with Crippen LogP contribution in [0.1, 0.15) is 52.4 Å². The minimum absolute atomic E-state index is 0.291. The van der Waals surface area contributed by atoms with Crippen LogP contribution in [0.5, 0.6) is 0 Å². The van der Waals surface area contributed by atoms with Crippen molar-refractivity contribution in [1.29, 1.82) is 0 Å². The predicted molar refractivity (Wildman–Crippen MR) is 71.1 cm³/mol. The average molecular weight is 246 g/mol. The summed E-state index contributed by atoms with van der Waals surface area (Å²) >= 11 is 1.90. The van der Waals surface area contributed by atoms with Crippen LogP contribution in [-0.4, -0.2) is 34.9 Å². The van der Waals surface area contributed by atoms with E-state index >= 15 is 0 Å². The number of hydrogen-bond donors (Lipinski definition) is 1. The molecule has 0 bridgehead atoms. The van der Waals surface area contributed by atoms with E-state index in [0.717, 1.165) is 57.5 Å². The van der Waals surface area contributed by atoms with Gasteiger partial charge in [-0.15, -0.1) is 0 Å². The third kappa shape index (κ3) is 4.27. The lowest BCUT2D eigenvalue weighted by Crippen LogP contribution is -2.45. The van der Waals surface area contributed by atoms with Gasteiger partial charge in [-0.3, -0.25) is 0 Å². The van der Waals surface area contributed by atoms with Crippen molar-refractivity contribution < 1.29 is 9.84 Å². The third-order valence-electron chi connectivity index (χ3n) is 3.34. The second-order valence-corrected chi connectivity index (χ2v) is 6.06. The van der Waals surface area contributed by atoms with Gasteiger partial charge in [0.15, 0.2) is 0 Å². The maximum Gasteiger partial charge on any atom is 0.0788 e. The molecule has 1 fully saturated rings. The third-order valence-corrected chi connectivity index (χ3v) is 4.72. The van der Waals surface area contributed by atoms with Crippen molar-refractivity contribution in [1.82, 2.24) is 0 Å². The first kappa shape index (κ1) is 14.3. The van der Waals surface area contributed by atoms with E-state index in [1.807, 2.05) is 11.8 Å². The Labute approximate surface area is 104 Å². The van der Waals surface area contributed by atoms with Crippen molar-refractivity contribution in [3.05, 3.63) is 0 Å². The smallest absolute Gasteiger partial charge is 0.0788 e. The van der Waals surface area contributed by atoms with Crippen LogP contribution in [0.3, 0.4) is 0 Å². The van der Waals surface area contributed by atoms with Gasteiger partial charge in [0.05, 0.1) is 24.1 Å². The van der Waals surface area contributed by atoms with Gasteiger partial charge in [0, 0.05) is 5.75 Å². The van der Waals surface area contributed by atoms with E-state index in [1.54, 1.807) is 0 Å². The predicted octanol–water partition coefficient (Wildman–Crippen LogP) is 3.23. The molecule has 1 heterocycles. The first-order chi connectivity index (χ1) is 7.73. The summed E-state index contributed by atoms with van der Waals surface area (Å²) in [7, 11) is 0. The van der Waals surface area contributed by atoms with Gasteiger partial charge >= 0.3 is 0 Å². The van der Waals surface area contributed by atoms with Crippen LogP contribution >= 0.6 is 11.8 Å². The molecule has 96 valence electrons. The van der Waals surface area contributed by atoms with Gasteiger partial charge in [-0.2, -0.15) is 11.8 Å². The summed E-state index contributed by atoms with van der Waals surface area (Å²) in [5, 5.41) is 11.1. The lowest BCUT2D eigenvalue weighted by Gasteiger charge is -2.38. The minimum Gasteiger partial charge on any atom is -0.389 e. The van der Waals surface area contributed by atoms with Crippen molar-refractivity contribution in [2.45, 2.75) is 63.2 Å². The first-order valence-corrected chi connectivity index (χ1v) is 7.69. The lowest BCUT2D eigenvalue weighted by molar-refractivity contribution is -0.0114. The van der Waals surface area contributed by atoms with E-state index in [2.05, 4.69) is 13.8 Å². The fourth-order valence-corrected chi connectivity index (χ4v) is 3.45. The molecule has 0 saturated carbocycles. The zero-order chi connectivity index (χ0) is 11.9. The highest BCUT2D eigenvalue weighted by atomic mass is 32.2. The van der Waals surface area contributed by atoms with Crippen molar-refractivity contribution >= 4 is 11.8 Å². The molecule has 16 heavy (non-hydrogen) atoms. The zero-order valence-electron chi connectivity index (χ0n) is 10.7. The Bertz CT molecular complexity index is 171. The summed E-state index contributed by atoms with van der Waals surface area (Å²) in [6, 6.07) is 0. The molecule has 1 aliphatic rings. The van der Waals surface area contributed by atoms with Crippen LogP contribution < -0.4 is 0 Å². The second kappa shape index (κ2) is 7.57. The summed E-state index contributed by atoms with van der Waals surface area (Å²) in [4.78, 5) is 0. The molecular formula is C13H26O2S. The van der Waals surface area contributed by atoms with E-state index in [4.69, 9.17) is 4.74 Å². The topological polar surface area (TPSA) is 29.5 Å². The van der Waals surface area contributed by atoms with Crippen molar-refractivity contribution in [3.8, 4) is 0 Å². The van der Waals surface area contributed by atoms with Crippen LogP contribution in [0.25, 0.3) is 0 Å². The quantitative estimate of drug-likeness (QED) is 0.748. The monoisotopic (exact) mass is 246 g/mol. The molecule has 0 spiro atoms. The molecule has 1 unspecified atom stereocenters. The van der Waals surface area contributed by atoms with Gasteiger partial charge < -0.3 is 9.84 Å². The molecule has 2 nitrogen and oxygen atoms in total. The molecule has 1 N–H and O–H groups in total. The Hall–Kier alpha value is 0.270. The van der Waals surface area contributed by atoms with Gasteiger partial charge in [0.1, 0.15) is 0 Å². The molecule has 1 atom stereocenters. The maximum absolute atomic E-state index is 10.8. The van der Waals surface area contributed by atoms with Crippen molar-refractivity contribution in [2.24, 2.45) is 0 Å². The number of aliphatic hydroxyl groups is 1. The van der Waals surface area contributed by atoms with Crippen LogP contribution in [-0.2, 0) is 4.74 Å².